The van der Waals surface area contributed by atoms with E-state index in [-0.39, 0.29) is 6.04 Å². The molecule has 0 saturated carbocycles. The van der Waals surface area contributed by atoms with Crippen LogP contribution in [0.25, 0.3) is 11.0 Å². The van der Waals surface area contributed by atoms with Crippen LogP contribution in [0.4, 0.5) is 5.82 Å². The maximum atomic E-state index is 5.80. The molecule has 19 heavy (non-hydrogen) atoms. The van der Waals surface area contributed by atoms with Crippen molar-refractivity contribution in [3.63, 3.8) is 0 Å². The fourth-order valence-electron chi connectivity index (χ4n) is 1.92. The highest BCUT2D eigenvalue weighted by molar-refractivity contribution is 6.29. The summed E-state index contributed by atoms with van der Waals surface area (Å²) in [5.74, 6) is 1.48. The smallest absolute Gasteiger partial charge is 0.149 e. The van der Waals surface area contributed by atoms with Gasteiger partial charge in [-0.3, -0.25) is 4.98 Å². The van der Waals surface area contributed by atoms with Gasteiger partial charge in [0.25, 0.3) is 0 Å². The third-order valence-corrected chi connectivity index (χ3v) is 3.02. The van der Waals surface area contributed by atoms with Crippen LogP contribution in [0.1, 0.15) is 18.7 Å². The summed E-state index contributed by atoms with van der Waals surface area (Å²) in [6.45, 7) is 2.00. The molecule has 3 aromatic rings. The predicted molar refractivity (Wildman–Crippen MR) is 75.3 cm³/mol. The standard InChI is InChI=1S/C14H12ClN3O/c1-9(17-14-8-16-7-13(15)18-14)12-6-10-4-2-3-5-11(10)19-12/h2-9H,1H3,(H,17,18)/t9-/m1/s1. The molecule has 0 aliphatic rings. The Morgan fingerprint density at radius 1 is 1.26 bits per heavy atom. The number of furan rings is 1. The highest BCUT2D eigenvalue weighted by Gasteiger charge is 2.12. The Labute approximate surface area is 115 Å². The van der Waals surface area contributed by atoms with Crippen LogP contribution in [0.15, 0.2) is 47.1 Å². The molecule has 5 heteroatoms. The van der Waals surface area contributed by atoms with Crippen LogP contribution < -0.4 is 5.32 Å². The number of benzene rings is 1. The lowest BCUT2D eigenvalue weighted by atomic mass is 10.2. The minimum atomic E-state index is -0.0137. The van der Waals surface area contributed by atoms with Crippen molar-refractivity contribution in [3.8, 4) is 0 Å². The maximum Gasteiger partial charge on any atom is 0.149 e. The van der Waals surface area contributed by atoms with Crippen LogP contribution in [0, 0.1) is 0 Å². The lowest BCUT2D eigenvalue weighted by Crippen LogP contribution is -2.07. The number of hydrogen-bond donors (Lipinski definition) is 1. The Balaban J connectivity index is 1.85. The van der Waals surface area contributed by atoms with E-state index in [0.29, 0.717) is 11.0 Å². The molecule has 96 valence electrons. The van der Waals surface area contributed by atoms with Crippen LogP contribution in [0.2, 0.25) is 5.15 Å². The van der Waals surface area contributed by atoms with Crippen molar-refractivity contribution in [2.45, 2.75) is 13.0 Å². The van der Waals surface area contributed by atoms with Crippen molar-refractivity contribution in [2.24, 2.45) is 0 Å². The van der Waals surface area contributed by atoms with Gasteiger partial charge in [0.2, 0.25) is 0 Å². The molecule has 1 atom stereocenters. The van der Waals surface area contributed by atoms with E-state index in [4.69, 9.17) is 16.0 Å². The molecule has 0 unspecified atom stereocenters. The van der Waals surface area contributed by atoms with Crippen molar-refractivity contribution in [1.82, 2.24) is 9.97 Å². The average Bonchev–Trinajstić information content (AvgIpc) is 2.82. The van der Waals surface area contributed by atoms with Crippen LogP contribution in [0.5, 0.6) is 0 Å². The molecule has 1 N–H and O–H groups in total. The number of para-hydroxylation sites is 1. The summed E-state index contributed by atoms with van der Waals surface area (Å²) in [6.07, 6.45) is 3.13. The number of aromatic nitrogens is 2. The molecular weight excluding hydrogens is 262 g/mol. The number of nitrogens with zero attached hydrogens (tertiary/aromatic N) is 2. The van der Waals surface area contributed by atoms with Gasteiger partial charge >= 0.3 is 0 Å². The lowest BCUT2D eigenvalue weighted by molar-refractivity contribution is 0.525. The van der Waals surface area contributed by atoms with Crippen LogP contribution in [0.3, 0.4) is 0 Å². The first-order chi connectivity index (χ1) is 9.22. The molecule has 1 aromatic carbocycles. The lowest BCUT2D eigenvalue weighted by Gasteiger charge is -2.11. The molecule has 0 aliphatic carbocycles. The zero-order chi connectivity index (χ0) is 13.2. The quantitative estimate of drug-likeness (QED) is 0.782. The highest BCUT2D eigenvalue weighted by Crippen LogP contribution is 2.25. The van der Waals surface area contributed by atoms with Crippen molar-refractivity contribution in [1.29, 1.82) is 0 Å². The van der Waals surface area contributed by atoms with E-state index in [9.17, 15) is 0 Å². The molecule has 0 radical (unpaired) electrons. The monoisotopic (exact) mass is 273 g/mol. The zero-order valence-electron chi connectivity index (χ0n) is 10.3. The largest absolute Gasteiger partial charge is 0.459 e. The Morgan fingerprint density at radius 2 is 2.11 bits per heavy atom. The summed E-state index contributed by atoms with van der Waals surface area (Å²) in [6, 6.07) is 9.92. The number of hydrogen-bond acceptors (Lipinski definition) is 4. The highest BCUT2D eigenvalue weighted by atomic mass is 35.5. The molecule has 0 spiro atoms. The normalized spacial score (nSPS) is 12.5. The van der Waals surface area contributed by atoms with E-state index >= 15 is 0 Å². The van der Waals surface area contributed by atoms with E-state index in [1.807, 2.05) is 37.3 Å². The van der Waals surface area contributed by atoms with Gasteiger partial charge in [-0.2, -0.15) is 0 Å². The molecule has 2 aromatic heterocycles. The minimum absolute atomic E-state index is 0.0137. The zero-order valence-corrected chi connectivity index (χ0v) is 11.1. The fourth-order valence-corrected chi connectivity index (χ4v) is 2.07. The summed E-state index contributed by atoms with van der Waals surface area (Å²) < 4.78 is 5.79. The fraction of sp³-hybridized carbons (Fsp3) is 0.143. The molecule has 0 amide bonds. The Bertz CT molecular complexity index is 677. The third-order valence-electron chi connectivity index (χ3n) is 2.84. The van der Waals surface area contributed by atoms with Gasteiger partial charge in [0, 0.05) is 5.39 Å². The van der Waals surface area contributed by atoms with E-state index in [1.54, 1.807) is 6.20 Å². The van der Waals surface area contributed by atoms with Gasteiger partial charge in [-0.1, -0.05) is 29.8 Å². The number of nitrogens with one attached hydrogen (secondary N) is 1. The second-order valence-electron chi connectivity index (χ2n) is 4.28. The third kappa shape index (κ3) is 2.53. The van der Waals surface area contributed by atoms with Gasteiger partial charge in [-0.15, -0.1) is 0 Å². The summed E-state index contributed by atoms with van der Waals surface area (Å²) in [5, 5.41) is 4.66. The molecule has 0 bridgehead atoms. The Hall–Kier alpha value is -2.07. The second-order valence-corrected chi connectivity index (χ2v) is 4.67. The number of fused-ring (bicyclic) bond motifs is 1. The van der Waals surface area contributed by atoms with Gasteiger partial charge in [-0.25, -0.2) is 4.98 Å². The first-order valence-corrected chi connectivity index (χ1v) is 6.33. The van der Waals surface area contributed by atoms with Crippen LogP contribution in [-0.4, -0.2) is 9.97 Å². The molecule has 0 fully saturated rings. The first-order valence-electron chi connectivity index (χ1n) is 5.95. The molecule has 3 rings (SSSR count). The van der Waals surface area contributed by atoms with Crippen LogP contribution >= 0.6 is 11.6 Å². The second kappa shape index (κ2) is 4.90. The van der Waals surface area contributed by atoms with E-state index in [2.05, 4.69) is 15.3 Å². The molecule has 0 saturated heterocycles. The van der Waals surface area contributed by atoms with Crippen molar-refractivity contribution in [3.05, 3.63) is 53.6 Å². The van der Waals surface area contributed by atoms with Crippen LogP contribution in [-0.2, 0) is 0 Å². The van der Waals surface area contributed by atoms with Crippen molar-refractivity contribution < 1.29 is 4.42 Å². The molecule has 4 nitrogen and oxygen atoms in total. The van der Waals surface area contributed by atoms with Gasteiger partial charge in [-0.05, 0) is 19.1 Å². The van der Waals surface area contributed by atoms with Crippen molar-refractivity contribution >= 4 is 28.4 Å². The summed E-state index contributed by atoms with van der Waals surface area (Å²) in [7, 11) is 0. The van der Waals surface area contributed by atoms with E-state index in [1.165, 1.54) is 6.20 Å². The van der Waals surface area contributed by atoms with Gasteiger partial charge in [0.05, 0.1) is 18.4 Å². The van der Waals surface area contributed by atoms with Gasteiger partial charge in [0.15, 0.2) is 0 Å². The summed E-state index contributed by atoms with van der Waals surface area (Å²) in [5.41, 5.74) is 0.878. The van der Waals surface area contributed by atoms with E-state index < -0.39 is 0 Å². The van der Waals surface area contributed by atoms with Gasteiger partial charge < -0.3 is 9.73 Å². The number of halogens is 1. The SMILES string of the molecule is C[C@@H](Nc1cncc(Cl)n1)c1cc2ccccc2o1. The maximum absolute atomic E-state index is 5.80. The number of anilines is 1. The summed E-state index contributed by atoms with van der Waals surface area (Å²) in [4.78, 5) is 8.13. The number of rotatable bonds is 3. The Morgan fingerprint density at radius 3 is 2.89 bits per heavy atom. The average molecular weight is 274 g/mol. The molecule has 2 heterocycles. The Kier molecular flexibility index (Phi) is 3.09. The predicted octanol–water partition coefficient (Wildman–Crippen LogP) is 4.05. The molecule has 0 aliphatic heterocycles. The van der Waals surface area contributed by atoms with Crippen molar-refractivity contribution in [2.75, 3.05) is 5.32 Å². The first kappa shape index (κ1) is 12.0. The topological polar surface area (TPSA) is 51.0 Å². The van der Waals surface area contributed by atoms with Gasteiger partial charge in [0.1, 0.15) is 22.3 Å². The minimum Gasteiger partial charge on any atom is -0.459 e. The summed E-state index contributed by atoms with van der Waals surface area (Å²) >= 11 is 5.80. The van der Waals surface area contributed by atoms with E-state index in [0.717, 1.165) is 16.7 Å². The molecular formula is C14H12ClN3O.